The third-order valence-electron chi connectivity index (χ3n) is 5.71. The number of hydrogen-bond donors (Lipinski definition) is 2. The summed E-state index contributed by atoms with van der Waals surface area (Å²) < 4.78 is 6.01. The molecule has 2 N–H and O–H groups in total. The maximum Gasteiger partial charge on any atom is 0.269 e. The number of ether oxygens (including phenoxy) is 1. The standard InChI is InChI=1S/C26H22BrClN4O4S/c1-15-3-8-18(13-21(15)28)29-23(33)14-22-25(35)31(19-9-11-20(36-2)12-10-19)26(37)32(22)30-24(34)16-4-6-17(27)7-5-16/h3-13,22H,14H2,1-2H3,(H,29,33)(H,30,34). The summed E-state index contributed by atoms with van der Waals surface area (Å²) in [6.07, 6.45) is -0.266. The van der Waals surface area contributed by atoms with Gasteiger partial charge in [0, 0.05) is 20.7 Å². The van der Waals surface area contributed by atoms with Gasteiger partial charge in [0.1, 0.15) is 11.8 Å². The molecule has 3 aromatic carbocycles. The van der Waals surface area contributed by atoms with E-state index in [0.29, 0.717) is 27.7 Å². The molecule has 0 saturated carbocycles. The highest BCUT2D eigenvalue weighted by Crippen LogP contribution is 2.28. The maximum atomic E-state index is 13.5. The van der Waals surface area contributed by atoms with Gasteiger partial charge in [-0.2, -0.15) is 0 Å². The van der Waals surface area contributed by atoms with Crippen LogP contribution in [0.5, 0.6) is 5.75 Å². The highest BCUT2D eigenvalue weighted by molar-refractivity contribution is 9.10. The normalized spacial score (nSPS) is 15.1. The average molecular weight is 602 g/mol. The minimum Gasteiger partial charge on any atom is -0.497 e. The highest BCUT2D eigenvalue weighted by Gasteiger charge is 2.45. The predicted molar refractivity (Wildman–Crippen MR) is 150 cm³/mol. The molecule has 1 saturated heterocycles. The van der Waals surface area contributed by atoms with Crippen LogP contribution in [0.1, 0.15) is 22.3 Å². The van der Waals surface area contributed by atoms with Crippen molar-refractivity contribution in [2.45, 2.75) is 19.4 Å². The molecule has 3 aromatic rings. The van der Waals surface area contributed by atoms with Crippen LogP contribution >= 0.6 is 39.7 Å². The van der Waals surface area contributed by atoms with E-state index in [2.05, 4.69) is 26.7 Å². The first kappa shape index (κ1) is 26.6. The Morgan fingerprint density at radius 3 is 2.38 bits per heavy atom. The summed E-state index contributed by atoms with van der Waals surface area (Å²) in [4.78, 5) is 40.8. The van der Waals surface area contributed by atoms with Crippen molar-refractivity contribution in [3.8, 4) is 5.75 Å². The molecule has 3 amide bonds. The molecular formula is C26H22BrClN4O4S. The smallest absolute Gasteiger partial charge is 0.269 e. The Labute approximate surface area is 232 Å². The van der Waals surface area contributed by atoms with E-state index >= 15 is 0 Å². The molecular weight excluding hydrogens is 580 g/mol. The van der Waals surface area contributed by atoms with Gasteiger partial charge >= 0.3 is 0 Å². The van der Waals surface area contributed by atoms with Gasteiger partial charge in [0.2, 0.25) is 11.0 Å². The van der Waals surface area contributed by atoms with Crippen molar-refractivity contribution < 1.29 is 19.1 Å². The molecule has 1 unspecified atom stereocenters. The summed E-state index contributed by atoms with van der Waals surface area (Å²) in [5.41, 5.74) is 4.90. The fourth-order valence-corrected chi connectivity index (χ4v) is 4.51. The summed E-state index contributed by atoms with van der Waals surface area (Å²) >= 11 is 15.1. The van der Waals surface area contributed by atoms with Crippen molar-refractivity contribution in [2.75, 3.05) is 17.3 Å². The third-order valence-corrected chi connectivity index (χ3v) is 7.02. The van der Waals surface area contributed by atoms with Gasteiger partial charge in [-0.05, 0) is 85.4 Å². The minimum atomic E-state index is -1.07. The van der Waals surface area contributed by atoms with Gasteiger partial charge in [0.15, 0.2) is 0 Å². The van der Waals surface area contributed by atoms with Crippen LogP contribution in [0.2, 0.25) is 5.02 Å². The van der Waals surface area contributed by atoms with Gasteiger partial charge in [-0.15, -0.1) is 0 Å². The fraction of sp³-hybridized carbons (Fsp3) is 0.154. The number of aryl methyl sites for hydroxylation is 1. The number of methoxy groups -OCH3 is 1. The van der Waals surface area contributed by atoms with Crippen LogP contribution in [0.4, 0.5) is 11.4 Å². The number of nitrogens with zero attached hydrogens (tertiary/aromatic N) is 2. The molecule has 1 aliphatic rings. The summed E-state index contributed by atoms with van der Waals surface area (Å²) in [6.45, 7) is 1.85. The fourth-order valence-electron chi connectivity index (χ4n) is 3.70. The molecule has 0 spiro atoms. The van der Waals surface area contributed by atoms with E-state index in [9.17, 15) is 14.4 Å². The molecule has 8 nitrogen and oxygen atoms in total. The second kappa shape index (κ2) is 11.3. The lowest BCUT2D eigenvalue weighted by molar-refractivity contribution is -0.124. The van der Waals surface area contributed by atoms with Gasteiger partial charge in [-0.1, -0.05) is 33.6 Å². The van der Waals surface area contributed by atoms with Crippen molar-refractivity contribution in [1.82, 2.24) is 10.4 Å². The van der Waals surface area contributed by atoms with E-state index in [0.717, 1.165) is 10.0 Å². The molecule has 1 aliphatic heterocycles. The van der Waals surface area contributed by atoms with E-state index in [4.69, 9.17) is 28.6 Å². The number of rotatable bonds is 7. The quantitative estimate of drug-likeness (QED) is 0.367. The van der Waals surface area contributed by atoms with E-state index < -0.39 is 23.8 Å². The summed E-state index contributed by atoms with van der Waals surface area (Å²) in [5.74, 6) is -0.770. The number of carbonyl (C=O) groups is 3. The Morgan fingerprint density at radius 1 is 1.08 bits per heavy atom. The monoisotopic (exact) mass is 600 g/mol. The Morgan fingerprint density at radius 2 is 1.76 bits per heavy atom. The van der Waals surface area contributed by atoms with Crippen LogP contribution < -0.4 is 20.4 Å². The summed E-state index contributed by atoms with van der Waals surface area (Å²) in [7, 11) is 1.54. The van der Waals surface area contributed by atoms with Crippen molar-refractivity contribution in [3.63, 3.8) is 0 Å². The Hall–Kier alpha value is -3.47. The van der Waals surface area contributed by atoms with Crippen molar-refractivity contribution >= 4 is 74.0 Å². The van der Waals surface area contributed by atoms with Gasteiger partial charge in [0.05, 0.1) is 19.2 Å². The summed E-state index contributed by atoms with van der Waals surface area (Å²) in [5, 5.41) is 4.56. The van der Waals surface area contributed by atoms with Crippen LogP contribution in [-0.4, -0.2) is 41.0 Å². The number of thiocarbonyl (C=S) groups is 1. The number of anilines is 2. The highest BCUT2D eigenvalue weighted by atomic mass is 79.9. The van der Waals surface area contributed by atoms with Gasteiger partial charge in [-0.25, -0.2) is 5.01 Å². The van der Waals surface area contributed by atoms with Crippen LogP contribution in [0.15, 0.2) is 71.2 Å². The van der Waals surface area contributed by atoms with Crippen LogP contribution in [0, 0.1) is 6.92 Å². The van der Waals surface area contributed by atoms with Gasteiger partial charge in [0.25, 0.3) is 11.8 Å². The molecule has 0 radical (unpaired) electrons. The van der Waals surface area contributed by atoms with E-state index in [1.54, 1.807) is 66.7 Å². The van der Waals surface area contributed by atoms with Gasteiger partial charge < -0.3 is 10.1 Å². The molecule has 0 aliphatic carbocycles. The van der Waals surface area contributed by atoms with Crippen LogP contribution in [0.3, 0.4) is 0 Å². The van der Waals surface area contributed by atoms with Crippen molar-refractivity contribution in [1.29, 1.82) is 0 Å². The van der Waals surface area contributed by atoms with E-state index in [1.165, 1.54) is 17.0 Å². The zero-order valence-electron chi connectivity index (χ0n) is 19.8. The lowest BCUT2D eigenvalue weighted by atomic mass is 10.1. The number of halogens is 2. The number of amides is 3. The zero-order valence-corrected chi connectivity index (χ0v) is 23.0. The number of carbonyl (C=O) groups excluding carboxylic acids is 3. The van der Waals surface area contributed by atoms with Crippen molar-refractivity contribution in [3.05, 3.63) is 87.4 Å². The minimum absolute atomic E-state index is 0.0387. The lowest BCUT2D eigenvalue weighted by Gasteiger charge is -2.24. The zero-order chi connectivity index (χ0) is 26.7. The number of nitrogens with one attached hydrogen (secondary N) is 2. The van der Waals surface area contributed by atoms with E-state index in [1.807, 2.05) is 6.92 Å². The van der Waals surface area contributed by atoms with Crippen LogP contribution in [-0.2, 0) is 9.59 Å². The summed E-state index contributed by atoms with van der Waals surface area (Å²) in [6, 6.07) is 17.5. The molecule has 0 aromatic heterocycles. The first-order chi connectivity index (χ1) is 17.7. The topological polar surface area (TPSA) is 91.0 Å². The Balaban J connectivity index is 1.60. The first-order valence-corrected chi connectivity index (χ1v) is 12.7. The molecule has 1 heterocycles. The molecule has 11 heteroatoms. The number of hydrogen-bond acceptors (Lipinski definition) is 5. The predicted octanol–water partition coefficient (Wildman–Crippen LogP) is 5.10. The SMILES string of the molecule is COc1ccc(N2C(=O)C(CC(=O)Nc3ccc(C)c(Cl)c3)N(NC(=O)c3ccc(Br)cc3)C2=S)cc1. The Kier molecular flexibility index (Phi) is 8.11. The van der Waals surface area contributed by atoms with Crippen molar-refractivity contribution in [2.24, 2.45) is 0 Å². The van der Waals surface area contributed by atoms with Gasteiger partial charge in [-0.3, -0.25) is 24.7 Å². The molecule has 37 heavy (non-hydrogen) atoms. The van der Waals surface area contributed by atoms with Crippen LogP contribution in [0.25, 0.3) is 0 Å². The second-order valence-electron chi connectivity index (χ2n) is 8.20. The van der Waals surface area contributed by atoms with E-state index in [-0.39, 0.29) is 11.5 Å². The third kappa shape index (κ3) is 5.93. The number of hydrazine groups is 1. The lowest BCUT2D eigenvalue weighted by Crippen LogP contribution is -2.49. The molecule has 0 bridgehead atoms. The molecule has 1 atom stereocenters. The average Bonchev–Trinajstić information content (AvgIpc) is 3.10. The first-order valence-electron chi connectivity index (χ1n) is 11.1. The Bertz CT molecular complexity index is 1370. The number of benzene rings is 3. The maximum absolute atomic E-state index is 13.5. The molecule has 4 rings (SSSR count). The molecule has 1 fully saturated rings. The second-order valence-corrected chi connectivity index (χ2v) is 9.89. The largest absolute Gasteiger partial charge is 0.497 e. The molecule has 190 valence electrons.